The van der Waals surface area contributed by atoms with E-state index in [1.54, 1.807) is 11.0 Å². The number of fused-ring (bicyclic) bond motifs is 4. The molecule has 2 aromatic carbocycles. The Bertz CT molecular complexity index is 1310. The van der Waals surface area contributed by atoms with E-state index in [0.29, 0.717) is 30.7 Å². The Kier molecular flexibility index (Phi) is 7.53. The number of ether oxygens (including phenoxy) is 1. The number of amides is 2. The summed E-state index contributed by atoms with van der Waals surface area (Å²) in [7, 11) is 0. The maximum atomic E-state index is 13.6. The van der Waals surface area contributed by atoms with Gasteiger partial charge in [0.15, 0.2) is 0 Å². The van der Waals surface area contributed by atoms with Gasteiger partial charge in [0.2, 0.25) is 11.8 Å². The molecule has 2 heterocycles. The van der Waals surface area contributed by atoms with E-state index in [1.165, 1.54) is 0 Å². The number of H-pyrrole nitrogens is 1. The fourth-order valence-electron chi connectivity index (χ4n) is 5.61. The van der Waals surface area contributed by atoms with Gasteiger partial charge in [-0.05, 0) is 35.6 Å². The molecular weight excluding hydrogens is 482 g/mol. The smallest absolute Gasteiger partial charge is 0.247 e. The van der Waals surface area contributed by atoms with E-state index in [9.17, 15) is 19.8 Å². The second-order valence-electron chi connectivity index (χ2n) is 10.5. The van der Waals surface area contributed by atoms with Crippen LogP contribution >= 0.6 is 0 Å². The molecule has 0 radical (unpaired) electrons. The minimum absolute atomic E-state index is 0.0829. The lowest BCUT2D eigenvalue weighted by Crippen LogP contribution is -2.56. The van der Waals surface area contributed by atoms with E-state index < -0.39 is 24.2 Å². The summed E-state index contributed by atoms with van der Waals surface area (Å²) in [6, 6.07) is 16.8. The van der Waals surface area contributed by atoms with Crippen LogP contribution in [0, 0.1) is 5.92 Å². The van der Waals surface area contributed by atoms with Gasteiger partial charge in [0, 0.05) is 48.3 Å². The van der Waals surface area contributed by atoms with Gasteiger partial charge in [0.05, 0.1) is 18.6 Å². The van der Waals surface area contributed by atoms with Crippen molar-refractivity contribution in [2.75, 3.05) is 19.7 Å². The lowest BCUT2D eigenvalue weighted by Gasteiger charge is -2.41. The van der Waals surface area contributed by atoms with Gasteiger partial charge in [0.1, 0.15) is 18.0 Å². The lowest BCUT2D eigenvalue weighted by molar-refractivity contribution is -0.137. The highest BCUT2D eigenvalue weighted by Gasteiger charge is 2.50. The molecule has 0 spiro atoms. The number of carbonyl (C=O) groups excluding carboxylic acids is 2. The van der Waals surface area contributed by atoms with Crippen LogP contribution in [0.4, 0.5) is 0 Å². The second kappa shape index (κ2) is 11.0. The predicted molar refractivity (Wildman–Crippen MR) is 145 cm³/mol. The van der Waals surface area contributed by atoms with Gasteiger partial charge in [0.25, 0.3) is 0 Å². The maximum Gasteiger partial charge on any atom is 0.247 e. The van der Waals surface area contributed by atoms with Crippen LogP contribution in [0.25, 0.3) is 10.9 Å². The van der Waals surface area contributed by atoms with Gasteiger partial charge in [-0.3, -0.25) is 9.59 Å². The van der Waals surface area contributed by atoms with Crippen molar-refractivity contribution in [3.63, 3.8) is 0 Å². The first-order chi connectivity index (χ1) is 18.4. The number of hydrogen-bond donors (Lipinski definition) is 4. The van der Waals surface area contributed by atoms with Gasteiger partial charge in [-0.25, -0.2) is 0 Å². The molecule has 1 aromatic heterocycles. The molecule has 0 bridgehead atoms. The van der Waals surface area contributed by atoms with Gasteiger partial charge in [-0.15, -0.1) is 0 Å². The summed E-state index contributed by atoms with van der Waals surface area (Å²) in [5.74, 6) is -0.124. The molecule has 200 valence electrons. The van der Waals surface area contributed by atoms with Gasteiger partial charge < -0.3 is 30.2 Å². The Hall–Kier alpha value is -3.62. The van der Waals surface area contributed by atoms with E-state index in [0.717, 1.165) is 22.2 Å². The van der Waals surface area contributed by atoms with Crippen LogP contribution in [0.5, 0.6) is 5.75 Å². The summed E-state index contributed by atoms with van der Waals surface area (Å²) in [6.07, 6.45) is 0.884. The van der Waals surface area contributed by atoms with Crippen LogP contribution in [0.2, 0.25) is 0 Å². The van der Waals surface area contributed by atoms with E-state index in [1.807, 2.05) is 62.4 Å². The number of para-hydroxylation sites is 2. The third-order valence-electron chi connectivity index (χ3n) is 7.35. The summed E-state index contributed by atoms with van der Waals surface area (Å²) < 4.78 is 6.19. The number of aromatic amines is 1. The molecule has 3 aromatic rings. The highest BCUT2D eigenvalue weighted by molar-refractivity contribution is 5.96. The highest BCUT2D eigenvalue weighted by atomic mass is 16.5. The summed E-state index contributed by atoms with van der Waals surface area (Å²) in [5, 5.41) is 24.7. The Morgan fingerprint density at radius 2 is 1.89 bits per heavy atom. The molecule has 0 saturated carbocycles. The van der Waals surface area contributed by atoms with Crippen molar-refractivity contribution in [1.29, 1.82) is 0 Å². The van der Waals surface area contributed by atoms with Crippen LogP contribution in [0.15, 0.2) is 66.2 Å². The number of aliphatic hydroxyl groups is 2. The SMILES string of the molecule is CC(C)CC(=O)N(CCc1cc2ccccc2[nH]1)C1C=C(C(=O)NCCO)C2c3ccccc3OC2C1O. The number of nitrogens with zero attached hydrogens (tertiary/aromatic N) is 1. The molecular formula is C30H35N3O5. The Morgan fingerprint density at radius 1 is 1.13 bits per heavy atom. The normalized spacial score (nSPS) is 22.0. The third kappa shape index (κ3) is 5.06. The molecule has 8 nitrogen and oxygen atoms in total. The minimum Gasteiger partial charge on any atom is -0.486 e. The lowest BCUT2D eigenvalue weighted by atomic mass is 9.77. The third-order valence-corrected chi connectivity index (χ3v) is 7.35. The molecule has 0 fully saturated rings. The summed E-state index contributed by atoms with van der Waals surface area (Å²) in [4.78, 5) is 31.9. The van der Waals surface area contributed by atoms with Crippen LogP contribution in [-0.4, -0.2) is 69.9 Å². The molecule has 5 rings (SSSR count). The zero-order valence-electron chi connectivity index (χ0n) is 21.8. The largest absolute Gasteiger partial charge is 0.486 e. The van der Waals surface area contributed by atoms with Crippen LogP contribution in [0.3, 0.4) is 0 Å². The molecule has 4 N–H and O–H groups in total. The van der Waals surface area contributed by atoms with E-state index >= 15 is 0 Å². The maximum absolute atomic E-state index is 13.6. The molecule has 38 heavy (non-hydrogen) atoms. The number of aromatic nitrogens is 1. The molecule has 4 atom stereocenters. The zero-order valence-corrected chi connectivity index (χ0v) is 21.8. The van der Waals surface area contributed by atoms with Crippen molar-refractivity contribution in [2.45, 2.75) is 50.9 Å². The topological polar surface area (TPSA) is 115 Å². The quantitative estimate of drug-likeness (QED) is 0.349. The Labute approximate surface area is 222 Å². The molecule has 0 saturated heterocycles. The van der Waals surface area contributed by atoms with E-state index in [4.69, 9.17) is 4.74 Å². The summed E-state index contributed by atoms with van der Waals surface area (Å²) in [6.45, 7) is 4.27. The molecule has 2 aliphatic rings. The minimum atomic E-state index is -1.03. The molecule has 2 amide bonds. The average Bonchev–Trinajstić information content (AvgIpc) is 3.50. The van der Waals surface area contributed by atoms with E-state index in [2.05, 4.69) is 16.4 Å². The van der Waals surface area contributed by atoms with Gasteiger partial charge in [-0.1, -0.05) is 50.2 Å². The number of carbonyl (C=O) groups is 2. The highest BCUT2D eigenvalue weighted by Crippen LogP contribution is 2.47. The van der Waals surface area contributed by atoms with Gasteiger partial charge >= 0.3 is 0 Å². The van der Waals surface area contributed by atoms with Crippen molar-refractivity contribution in [2.24, 2.45) is 5.92 Å². The number of aliphatic hydroxyl groups excluding tert-OH is 2. The molecule has 8 heteroatoms. The van der Waals surface area contributed by atoms with Crippen molar-refractivity contribution in [3.05, 3.63) is 77.5 Å². The van der Waals surface area contributed by atoms with Crippen LogP contribution < -0.4 is 10.1 Å². The Morgan fingerprint density at radius 3 is 2.66 bits per heavy atom. The fourth-order valence-corrected chi connectivity index (χ4v) is 5.61. The van der Waals surface area contributed by atoms with Crippen molar-refractivity contribution in [1.82, 2.24) is 15.2 Å². The van der Waals surface area contributed by atoms with Crippen molar-refractivity contribution in [3.8, 4) is 5.75 Å². The summed E-state index contributed by atoms with van der Waals surface area (Å²) >= 11 is 0. The van der Waals surface area contributed by atoms with Crippen LogP contribution in [0.1, 0.15) is 37.4 Å². The first kappa shape index (κ1) is 26.0. The standard InChI is InChI=1S/C30H35N3O5/c1-18(2)15-26(35)33(13-11-20-16-19-7-3-5-9-23(19)32-20)24-17-22(30(37)31-12-14-34)27-21-8-4-6-10-25(21)38-29(27)28(24)36/h3-10,16-18,24,27-29,32,34,36H,11-15H2,1-2H3,(H,31,37). The number of hydrogen-bond acceptors (Lipinski definition) is 5. The number of rotatable bonds is 9. The zero-order chi connectivity index (χ0) is 26.8. The molecule has 4 unspecified atom stereocenters. The predicted octanol–water partition coefficient (Wildman–Crippen LogP) is 2.91. The monoisotopic (exact) mass is 517 g/mol. The average molecular weight is 518 g/mol. The van der Waals surface area contributed by atoms with Crippen molar-refractivity contribution < 1.29 is 24.5 Å². The van der Waals surface area contributed by atoms with Crippen LogP contribution in [-0.2, 0) is 16.0 Å². The van der Waals surface area contributed by atoms with Gasteiger partial charge in [-0.2, -0.15) is 0 Å². The van der Waals surface area contributed by atoms with Crippen molar-refractivity contribution >= 4 is 22.7 Å². The van der Waals surface area contributed by atoms with E-state index in [-0.39, 0.29) is 30.9 Å². The number of nitrogens with one attached hydrogen (secondary N) is 2. The molecule has 1 aliphatic carbocycles. The number of benzene rings is 2. The second-order valence-corrected chi connectivity index (χ2v) is 10.5. The molecule has 1 aliphatic heterocycles. The first-order valence-corrected chi connectivity index (χ1v) is 13.3. The first-order valence-electron chi connectivity index (χ1n) is 13.3. The Balaban J connectivity index is 1.49. The fraction of sp³-hybridized carbons (Fsp3) is 0.400. The summed E-state index contributed by atoms with van der Waals surface area (Å²) in [5.41, 5.74) is 3.30.